The molecule has 1 aromatic carbocycles. The Hall–Kier alpha value is -2.83. The third-order valence-corrected chi connectivity index (χ3v) is 5.34. The number of carbonyl (C=O) groups is 1. The topological polar surface area (TPSA) is 86.5 Å². The third kappa shape index (κ3) is 2.64. The van der Waals surface area contributed by atoms with Crippen LogP contribution in [0.15, 0.2) is 24.7 Å². The molecule has 1 N–H and O–H groups in total. The molecule has 2 aromatic heterocycles. The van der Waals surface area contributed by atoms with Gasteiger partial charge in [-0.15, -0.1) is 0 Å². The molecular formula is C19H21N3O4. The summed E-state index contributed by atoms with van der Waals surface area (Å²) in [5.41, 5.74) is 2.65. The Morgan fingerprint density at radius 1 is 1.08 bits per heavy atom. The van der Waals surface area contributed by atoms with Crippen LogP contribution in [-0.2, 0) is 4.79 Å². The van der Waals surface area contributed by atoms with Crippen LogP contribution in [0.2, 0.25) is 0 Å². The van der Waals surface area contributed by atoms with Crippen molar-refractivity contribution in [3.63, 3.8) is 0 Å². The number of hydrogen-bond donors (Lipinski definition) is 1. The van der Waals surface area contributed by atoms with Crippen molar-refractivity contribution >= 4 is 27.9 Å². The van der Waals surface area contributed by atoms with Gasteiger partial charge in [0.1, 0.15) is 5.52 Å². The molecule has 0 saturated heterocycles. The molecule has 7 nitrogen and oxygen atoms in total. The van der Waals surface area contributed by atoms with Gasteiger partial charge < -0.3 is 19.1 Å². The Bertz CT molecular complexity index is 974. The van der Waals surface area contributed by atoms with Crippen LogP contribution in [0.5, 0.6) is 11.5 Å². The number of benzene rings is 1. The molecule has 1 aliphatic carbocycles. The Labute approximate surface area is 150 Å². The molecule has 0 radical (unpaired) electrons. The normalized spacial score (nSPS) is 20.4. The van der Waals surface area contributed by atoms with Crippen LogP contribution < -0.4 is 9.47 Å². The molecule has 2 heterocycles. The summed E-state index contributed by atoms with van der Waals surface area (Å²) in [6, 6.07) is 4.05. The van der Waals surface area contributed by atoms with Crippen molar-refractivity contribution in [2.24, 2.45) is 5.92 Å². The molecule has 136 valence electrons. The highest BCUT2D eigenvalue weighted by Crippen LogP contribution is 2.38. The zero-order valence-corrected chi connectivity index (χ0v) is 14.8. The maximum atomic E-state index is 11.2. The molecule has 1 saturated carbocycles. The number of carboxylic acid groups (broad SMARTS) is 1. The molecule has 1 fully saturated rings. The Balaban J connectivity index is 1.81. The largest absolute Gasteiger partial charge is 0.493 e. The summed E-state index contributed by atoms with van der Waals surface area (Å²) < 4.78 is 13.0. The summed E-state index contributed by atoms with van der Waals surface area (Å²) in [6.45, 7) is 0. The van der Waals surface area contributed by atoms with Crippen LogP contribution >= 0.6 is 0 Å². The van der Waals surface area contributed by atoms with Gasteiger partial charge in [0.2, 0.25) is 0 Å². The number of aromatic nitrogens is 3. The molecule has 0 bridgehead atoms. The van der Waals surface area contributed by atoms with Gasteiger partial charge in [0, 0.05) is 17.5 Å². The van der Waals surface area contributed by atoms with Crippen molar-refractivity contribution in [3.05, 3.63) is 24.7 Å². The highest BCUT2D eigenvalue weighted by atomic mass is 16.5. The molecule has 1 aliphatic rings. The lowest BCUT2D eigenvalue weighted by Crippen LogP contribution is -2.23. The fourth-order valence-electron chi connectivity index (χ4n) is 3.92. The molecule has 0 amide bonds. The predicted octanol–water partition coefficient (Wildman–Crippen LogP) is 3.42. The van der Waals surface area contributed by atoms with Gasteiger partial charge in [-0.25, -0.2) is 4.98 Å². The molecule has 3 aromatic rings. The number of rotatable bonds is 4. The van der Waals surface area contributed by atoms with Gasteiger partial charge in [0.05, 0.1) is 43.7 Å². The summed E-state index contributed by atoms with van der Waals surface area (Å²) in [5, 5.41) is 10.2. The number of hydrogen-bond acceptors (Lipinski definition) is 5. The summed E-state index contributed by atoms with van der Waals surface area (Å²) in [5.74, 6) is 0.366. The quantitative estimate of drug-likeness (QED) is 0.772. The fraction of sp³-hybridized carbons (Fsp3) is 0.421. The Kier molecular flexibility index (Phi) is 4.14. The fourth-order valence-corrected chi connectivity index (χ4v) is 3.92. The van der Waals surface area contributed by atoms with E-state index in [1.54, 1.807) is 20.4 Å². The van der Waals surface area contributed by atoms with E-state index in [1.165, 1.54) is 0 Å². The van der Waals surface area contributed by atoms with E-state index in [9.17, 15) is 9.90 Å². The first-order chi connectivity index (χ1) is 12.6. The number of carboxylic acids is 1. The van der Waals surface area contributed by atoms with Crippen LogP contribution in [0.1, 0.15) is 31.7 Å². The van der Waals surface area contributed by atoms with E-state index < -0.39 is 5.97 Å². The zero-order valence-electron chi connectivity index (χ0n) is 14.8. The summed E-state index contributed by atoms with van der Waals surface area (Å²) in [6.07, 6.45) is 6.66. The van der Waals surface area contributed by atoms with E-state index in [1.807, 2.05) is 18.5 Å². The molecule has 0 unspecified atom stereocenters. The highest BCUT2D eigenvalue weighted by Gasteiger charge is 2.28. The first kappa shape index (κ1) is 16.6. The summed E-state index contributed by atoms with van der Waals surface area (Å²) >= 11 is 0. The van der Waals surface area contributed by atoms with Crippen LogP contribution in [0.3, 0.4) is 0 Å². The molecule has 0 aliphatic heterocycles. The van der Waals surface area contributed by atoms with Crippen LogP contribution in [0.4, 0.5) is 0 Å². The first-order valence-corrected chi connectivity index (χ1v) is 8.72. The standard InChI is InChI=1S/C19H21N3O4/c1-25-16-7-13-14(8-17(16)26-2)20-9-15-18(13)22(10-21-15)12-5-3-11(4-6-12)19(23)24/h7-12H,3-6H2,1-2H3,(H,23,24). The van der Waals surface area contributed by atoms with Gasteiger partial charge in [-0.3, -0.25) is 9.78 Å². The van der Waals surface area contributed by atoms with Gasteiger partial charge >= 0.3 is 5.97 Å². The minimum atomic E-state index is -0.689. The van der Waals surface area contributed by atoms with E-state index in [0.717, 1.165) is 34.8 Å². The van der Waals surface area contributed by atoms with Crippen molar-refractivity contribution in [3.8, 4) is 11.5 Å². The van der Waals surface area contributed by atoms with Crippen molar-refractivity contribution in [2.45, 2.75) is 31.7 Å². The smallest absolute Gasteiger partial charge is 0.306 e. The molecule has 4 rings (SSSR count). The second-order valence-electron chi connectivity index (χ2n) is 6.71. The summed E-state index contributed by atoms with van der Waals surface area (Å²) in [4.78, 5) is 20.2. The second kappa shape index (κ2) is 6.48. The Morgan fingerprint density at radius 2 is 1.77 bits per heavy atom. The van der Waals surface area contributed by atoms with Crippen molar-refractivity contribution < 1.29 is 19.4 Å². The number of aliphatic carboxylic acids is 1. The van der Waals surface area contributed by atoms with Gasteiger partial charge in [-0.2, -0.15) is 0 Å². The van der Waals surface area contributed by atoms with Crippen LogP contribution in [-0.4, -0.2) is 39.8 Å². The Morgan fingerprint density at radius 3 is 2.42 bits per heavy atom. The SMILES string of the molecule is COc1cc2ncc3ncn(C4CCC(C(=O)O)CC4)c3c2cc1OC. The van der Waals surface area contributed by atoms with Gasteiger partial charge in [-0.05, 0) is 31.7 Å². The molecule has 26 heavy (non-hydrogen) atoms. The lowest BCUT2D eigenvalue weighted by atomic mass is 9.86. The number of nitrogens with zero attached hydrogens (tertiary/aromatic N) is 3. The van der Waals surface area contributed by atoms with E-state index in [2.05, 4.69) is 14.5 Å². The van der Waals surface area contributed by atoms with Gasteiger partial charge in [-0.1, -0.05) is 0 Å². The molecule has 7 heteroatoms. The number of fused-ring (bicyclic) bond motifs is 3. The van der Waals surface area contributed by atoms with E-state index in [-0.39, 0.29) is 12.0 Å². The van der Waals surface area contributed by atoms with Crippen LogP contribution in [0, 0.1) is 5.92 Å². The average molecular weight is 355 g/mol. The average Bonchev–Trinajstić information content (AvgIpc) is 3.11. The lowest BCUT2D eigenvalue weighted by molar-refractivity contribution is -0.143. The van der Waals surface area contributed by atoms with Crippen molar-refractivity contribution in [2.75, 3.05) is 14.2 Å². The molecule has 0 atom stereocenters. The van der Waals surface area contributed by atoms with E-state index in [4.69, 9.17) is 9.47 Å². The maximum absolute atomic E-state index is 11.2. The lowest BCUT2D eigenvalue weighted by Gasteiger charge is -2.27. The highest BCUT2D eigenvalue weighted by molar-refractivity contribution is 6.03. The minimum absolute atomic E-state index is 0.233. The van der Waals surface area contributed by atoms with Crippen LogP contribution in [0.25, 0.3) is 21.9 Å². The van der Waals surface area contributed by atoms with Gasteiger partial charge in [0.25, 0.3) is 0 Å². The first-order valence-electron chi connectivity index (χ1n) is 8.72. The van der Waals surface area contributed by atoms with E-state index >= 15 is 0 Å². The monoisotopic (exact) mass is 355 g/mol. The predicted molar refractivity (Wildman–Crippen MR) is 96.8 cm³/mol. The second-order valence-corrected chi connectivity index (χ2v) is 6.71. The van der Waals surface area contributed by atoms with Crippen molar-refractivity contribution in [1.82, 2.24) is 14.5 Å². The number of imidazole rings is 1. The number of methoxy groups -OCH3 is 2. The minimum Gasteiger partial charge on any atom is -0.493 e. The third-order valence-electron chi connectivity index (χ3n) is 5.34. The van der Waals surface area contributed by atoms with Gasteiger partial charge in [0.15, 0.2) is 11.5 Å². The summed E-state index contributed by atoms with van der Waals surface area (Å²) in [7, 11) is 3.22. The van der Waals surface area contributed by atoms with E-state index in [0.29, 0.717) is 24.3 Å². The number of ether oxygens (including phenoxy) is 2. The van der Waals surface area contributed by atoms with Crippen molar-refractivity contribution in [1.29, 1.82) is 0 Å². The maximum Gasteiger partial charge on any atom is 0.306 e. The molecule has 0 spiro atoms. The number of pyridine rings is 1. The zero-order chi connectivity index (χ0) is 18.3. The molecular weight excluding hydrogens is 334 g/mol.